The molecule has 2 aromatic carbocycles. The molecule has 0 aliphatic carbocycles. The fraction of sp³-hybridized carbons (Fsp3) is 0.364. The second-order valence-corrected chi connectivity index (χ2v) is 7.70. The summed E-state index contributed by atoms with van der Waals surface area (Å²) in [5.74, 6) is 0.818. The van der Waals surface area contributed by atoms with Crippen LogP contribution in [0.25, 0.3) is 0 Å². The number of ether oxygens (including phenoxy) is 1. The number of piperazine rings is 1. The molecular weight excluding hydrogens is 390 g/mol. The number of halogens is 1. The minimum absolute atomic E-state index is 0.0438. The average molecular weight is 414 g/mol. The van der Waals surface area contributed by atoms with Crippen LogP contribution in [-0.4, -0.2) is 56.5 Å². The first-order chi connectivity index (χ1) is 14.1. The van der Waals surface area contributed by atoms with Gasteiger partial charge in [0.1, 0.15) is 5.75 Å². The van der Waals surface area contributed by atoms with E-state index in [1.807, 2.05) is 29.2 Å². The van der Waals surface area contributed by atoms with E-state index in [2.05, 4.69) is 4.90 Å². The lowest BCUT2D eigenvalue weighted by atomic mass is 10.1. The normalized spacial score (nSPS) is 17.0. The molecule has 0 aromatic heterocycles. The van der Waals surface area contributed by atoms with Crippen LogP contribution in [0.5, 0.6) is 5.75 Å². The summed E-state index contributed by atoms with van der Waals surface area (Å²) in [6.07, 6.45) is 1.31. The van der Waals surface area contributed by atoms with Crippen molar-refractivity contribution in [3.05, 3.63) is 53.1 Å². The van der Waals surface area contributed by atoms with Crippen molar-refractivity contribution in [2.24, 2.45) is 0 Å². The number of carbonyl (C=O) groups excluding carboxylic acids is 2. The first kappa shape index (κ1) is 19.6. The first-order valence-electron chi connectivity index (χ1n) is 9.85. The molecule has 4 rings (SSSR count). The van der Waals surface area contributed by atoms with Crippen molar-refractivity contribution in [3.63, 3.8) is 0 Å². The third-order valence-electron chi connectivity index (χ3n) is 5.55. The molecule has 2 fully saturated rings. The van der Waals surface area contributed by atoms with Crippen LogP contribution >= 0.6 is 11.6 Å². The topological polar surface area (TPSA) is 53.1 Å². The van der Waals surface area contributed by atoms with Gasteiger partial charge in [0.25, 0.3) is 5.91 Å². The molecule has 2 aromatic rings. The minimum Gasteiger partial charge on any atom is -0.495 e. The maximum Gasteiger partial charge on any atom is 0.256 e. The summed E-state index contributed by atoms with van der Waals surface area (Å²) < 4.78 is 5.46. The van der Waals surface area contributed by atoms with Gasteiger partial charge in [-0.1, -0.05) is 23.7 Å². The second-order valence-electron chi connectivity index (χ2n) is 7.26. The van der Waals surface area contributed by atoms with Crippen molar-refractivity contribution in [2.75, 3.05) is 49.6 Å². The first-order valence-corrected chi connectivity index (χ1v) is 10.2. The number of methoxy groups -OCH3 is 1. The van der Waals surface area contributed by atoms with Crippen LogP contribution in [0.15, 0.2) is 42.5 Å². The largest absolute Gasteiger partial charge is 0.495 e. The summed E-state index contributed by atoms with van der Waals surface area (Å²) >= 11 is 6.17. The zero-order valence-electron chi connectivity index (χ0n) is 16.4. The molecule has 2 aliphatic heterocycles. The molecule has 2 saturated heterocycles. The molecule has 7 heteroatoms. The van der Waals surface area contributed by atoms with Gasteiger partial charge in [0.2, 0.25) is 5.91 Å². The molecule has 0 radical (unpaired) electrons. The van der Waals surface area contributed by atoms with E-state index in [1.54, 1.807) is 30.2 Å². The van der Waals surface area contributed by atoms with Crippen LogP contribution in [-0.2, 0) is 4.79 Å². The molecular formula is C22H24ClN3O3. The Balaban J connectivity index is 1.51. The third-order valence-corrected chi connectivity index (χ3v) is 5.78. The van der Waals surface area contributed by atoms with Crippen molar-refractivity contribution in [1.29, 1.82) is 0 Å². The Bertz CT molecular complexity index is 925. The lowest BCUT2D eigenvalue weighted by Crippen LogP contribution is -2.49. The molecule has 0 unspecified atom stereocenters. The van der Waals surface area contributed by atoms with Crippen molar-refractivity contribution in [3.8, 4) is 5.75 Å². The number of benzene rings is 2. The van der Waals surface area contributed by atoms with Crippen LogP contribution in [0, 0.1) is 0 Å². The fourth-order valence-corrected chi connectivity index (χ4v) is 4.19. The van der Waals surface area contributed by atoms with Gasteiger partial charge in [-0.3, -0.25) is 9.59 Å². The number of anilines is 2. The molecule has 152 valence electrons. The fourth-order valence-electron chi connectivity index (χ4n) is 4.02. The highest BCUT2D eigenvalue weighted by atomic mass is 35.5. The number of carbonyl (C=O) groups is 2. The van der Waals surface area contributed by atoms with Gasteiger partial charge in [0.05, 0.1) is 24.0 Å². The monoisotopic (exact) mass is 413 g/mol. The van der Waals surface area contributed by atoms with E-state index in [4.69, 9.17) is 16.3 Å². The molecule has 0 saturated carbocycles. The zero-order chi connectivity index (χ0) is 20.4. The smallest absolute Gasteiger partial charge is 0.256 e. The summed E-state index contributed by atoms with van der Waals surface area (Å²) in [5, 5.41) is 0.525. The summed E-state index contributed by atoms with van der Waals surface area (Å²) in [5.41, 5.74) is 2.20. The summed E-state index contributed by atoms with van der Waals surface area (Å²) in [6, 6.07) is 13.1. The van der Waals surface area contributed by atoms with Gasteiger partial charge in [-0.05, 0) is 36.8 Å². The van der Waals surface area contributed by atoms with E-state index in [9.17, 15) is 9.59 Å². The number of nitrogens with zero attached hydrogens (tertiary/aromatic N) is 3. The van der Waals surface area contributed by atoms with E-state index >= 15 is 0 Å². The van der Waals surface area contributed by atoms with Crippen molar-refractivity contribution < 1.29 is 14.3 Å². The summed E-state index contributed by atoms with van der Waals surface area (Å²) in [7, 11) is 1.67. The predicted octanol–water partition coefficient (Wildman–Crippen LogP) is 3.44. The van der Waals surface area contributed by atoms with Gasteiger partial charge < -0.3 is 19.4 Å². The molecule has 0 atom stereocenters. The third kappa shape index (κ3) is 3.90. The zero-order valence-corrected chi connectivity index (χ0v) is 17.2. The van der Waals surface area contributed by atoms with Gasteiger partial charge in [0, 0.05) is 44.2 Å². The predicted molar refractivity (Wildman–Crippen MR) is 114 cm³/mol. The molecule has 0 N–H and O–H groups in total. The SMILES string of the molecule is COc1ccccc1N1CCN(C(=O)c2ccc(Cl)cc2N2CCCC2=O)CC1. The van der Waals surface area contributed by atoms with Gasteiger partial charge in [0.15, 0.2) is 0 Å². The number of amides is 2. The van der Waals surface area contributed by atoms with E-state index in [1.165, 1.54) is 0 Å². The van der Waals surface area contributed by atoms with E-state index in [0.29, 0.717) is 42.3 Å². The standard InChI is InChI=1S/C22H24ClN3O3/c1-29-20-6-3-2-5-18(20)24-11-13-25(14-12-24)22(28)17-9-8-16(23)15-19(17)26-10-4-7-21(26)27/h2-3,5-6,8-9,15H,4,7,10-14H2,1H3. The lowest BCUT2D eigenvalue weighted by molar-refractivity contribution is -0.117. The maximum atomic E-state index is 13.3. The van der Waals surface area contributed by atoms with Crippen LogP contribution in [0.3, 0.4) is 0 Å². The highest BCUT2D eigenvalue weighted by Gasteiger charge is 2.29. The van der Waals surface area contributed by atoms with Crippen molar-refractivity contribution >= 4 is 34.8 Å². The van der Waals surface area contributed by atoms with Crippen molar-refractivity contribution in [2.45, 2.75) is 12.8 Å². The van der Waals surface area contributed by atoms with E-state index in [-0.39, 0.29) is 11.8 Å². The van der Waals surface area contributed by atoms with Crippen molar-refractivity contribution in [1.82, 2.24) is 4.90 Å². The van der Waals surface area contributed by atoms with Crippen LogP contribution < -0.4 is 14.5 Å². The Labute approximate surface area is 175 Å². The molecule has 0 spiro atoms. The Morgan fingerprint density at radius 3 is 2.45 bits per heavy atom. The maximum absolute atomic E-state index is 13.3. The Kier molecular flexibility index (Phi) is 5.62. The van der Waals surface area contributed by atoms with Gasteiger partial charge in [-0.25, -0.2) is 0 Å². The van der Waals surface area contributed by atoms with Crippen LogP contribution in [0.4, 0.5) is 11.4 Å². The quantitative estimate of drug-likeness (QED) is 0.770. The number of para-hydroxylation sites is 2. The van der Waals surface area contributed by atoms with E-state index < -0.39 is 0 Å². The van der Waals surface area contributed by atoms with Gasteiger partial charge in [-0.2, -0.15) is 0 Å². The highest BCUT2D eigenvalue weighted by Crippen LogP contribution is 2.31. The lowest BCUT2D eigenvalue weighted by Gasteiger charge is -2.37. The highest BCUT2D eigenvalue weighted by molar-refractivity contribution is 6.31. The molecule has 6 nitrogen and oxygen atoms in total. The summed E-state index contributed by atoms with van der Waals surface area (Å²) in [4.78, 5) is 31.3. The minimum atomic E-state index is -0.0592. The number of hydrogen-bond donors (Lipinski definition) is 0. The number of hydrogen-bond acceptors (Lipinski definition) is 4. The van der Waals surface area contributed by atoms with Gasteiger partial charge >= 0.3 is 0 Å². The Morgan fingerprint density at radius 1 is 1.00 bits per heavy atom. The Hall–Kier alpha value is -2.73. The molecule has 0 bridgehead atoms. The molecule has 2 heterocycles. The van der Waals surface area contributed by atoms with Crippen LogP contribution in [0.1, 0.15) is 23.2 Å². The van der Waals surface area contributed by atoms with Crippen LogP contribution in [0.2, 0.25) is 5.02 Å². The molecule has 2 amide bonds. The second kappa shape index (κ2) is 8.33. The van der Waals surface area contributed by atoms with Gasteiger partial charge in [-0.15, -0.1) is 0 Å². The summed E-state index contributed by atoms with van der Waals surface area (Å²) in [6.45, 7) is 3.27. The number of rotatable bonds is 4. The molecule has 29 heavy (non-hydrogen) atoms. The molecule has 2 aliphatic rings. The van der Waals surface area contributed by atoms with E-state index in [0.717, 1.165) is 30.9 Å². The Morgan fingerprint density at radius 2 is 1.76 bits per heavy atom. The average Bonchev–Trinajstić information content (AvgIpc) is 3.19.